The molecular formula is C20H32O2. The van der Waals surface area contributed by atoms with Gasteiger partial charge < -0.3 is 9.84 Å². The van der Waals surface area contributed by atoms with Gasteiger partial charge in [-0.15, -0.1) is 0 Å². The fourth-order valence-corrected chi connectivity index (χ4v) is 8.52. The van der Waals surface area contributed by atoms with Crippen molar-refractivity contribution < 1.29 is 9.84 Å². The lowest BCUT2D eigenvalue weighted by Crippen LogP contribution is -2.58. The molecule has 0 radical (unpaired) electrons. The van der Waals surface area contributed by atoms with Gasteiger partial charge in [0.1, 0.15) is 0 Å². The van der Waals surface area contributed by atoms with Gasteiger partial charge >= 0.3 is 0 Å². The molecule has 0 aromatic carbocycles. The monoisotopic (exact) mass is 304 g/mol. The zero-order chi connectivity index (χ0) is 15.4. The average Bonchev–Trinajstić information content (AvgIpc) is 3.11. The Morgan fingerprint density at radius 1 is 0.955 bits per heavy atom. The third-order valence-corrected chi connectivity index (χ3v) is 9.01. The second-order valence-corrected chi connectivity index (χ2v) is 10.6. The molecule has 5 aliphatic rings. The Balaban J connectivity index is 1.55. The van der Waals surface area contributed by atoms with E-state index in [1.165, 1.54) is 38.5 Å². The minimum atomic E-state index is -0.0864. The van der Waals surface area contributed by atoms with Crippen molar-refractivity contribution in [1.82, 2.24) is 0 Å². The predicted molar refractivity (Wildman–Crippen MR) is 86.4 cm³/mol. The molecule has 5 rings (SSSR count). The van der Waals surface area contributed by atoms with Gasteiger partial charge in [0.15, 0.2) is 0 Å². The highest BCUT2D eigenvalue weighted by Gasteiger charge is 2.71. The fourth-order valence-electron chi connectivity index (χ4n) is 8.52. The van der Waals surface area contributed by atoms with Crippen LogP contribution in [0.2, 0.25) is 0 Å². The van der Waals surface area contributed by atoms with Crippen molar-refractivity contribution in [2.24, 2.45) is 34.0 Å². The number of hydrogen-bond donors (Lipinski definition) is 1. The highest BCUT2D eigenvalue weighted by molar-refractivity contribution is 5.20. The predicted octanol–water partition coefficient (Wildman–Crippen LogP) is 4.16. The van der Waals surface area contributed by atoms with E-state index in [1.54, 1.807) is 0 Å². The van der Waals surface area contributed by atoms with Crippen molar-refractivity contribution in [1.29, 1.82) is 0 Å². The van der Waals surface area contributed by atoms with Crippen LogP contribution >= 0.6 is 0 Å². The normalized spacial score (nSPS) is 61.6. The van der Waals surface area contributed by atoms with E-state index in [0.717, 1.165) is 37.2 Å². The Labute approximate surface area is 135 Å². The Bertz CT molecular complexity index is 508. The molecule has 4 saturated carbocycles. The molecule has 1 N–H and O–H groups in total. The summed E-state index contributed by atoms with van der Waals surface area (Å²) >= 11 is 0. The van der Waals surface area contributed by atoms with Crippen LogP contribution in [0, 0.1) is 34.0 Å². The summed E-state index contributed by atoms with van der Waals surface area (Å²) in [4.78, 5) is 0. The maximum absolute atomic E-state index is 10.6. The molecule has 1 heterocycles. The van der Waals surface area contributed by atoms with Gasteiger partial charge in [-0.2, -0.15) is 0 Å². The molecule has 0 aromatic heterocycles. The van der Waals surface area contributed by atoms with Gasteiger partial charge in [-0.05, 0) is 85.4 Å². The molecule has 2 bridgehead atoms. The Kier molecular flexibility index (Phi) is 2.56. The highest BCUT2D eigenvalue weighted by atomic mass is 16.6. The molecule has 5 fully saturated rings. The quantitative estimate of drug-likeness (QED) is 0.682. The SMILES string of the molecule is CC1(C)C[C@@H](O)C[C@]2(C)[C@@H]1CC[C@@]13C[C@@H](CC[C@H]12)[C@@]1(CO1)C3. The van der Waals surface area contributed by atoms with E-state index in [2.05, 4.69) is 20.8 Å². The average molecular weight is 304 g/mol. The van der Waals surface area contributed by atoms with Crippen molar-refractivity contribution in [3.05, 3.63) is 0 Å². The highest BCUT2D eigenvalue weighted by Crippen LogP contribution is 2.74. The summed E-state index contributed by atoms with van der Waals surface area (Å²) in [6, 6.07) is 0. The van der Waals surface area contributed by atoms with Gasteiger partial charge in [0, 0.05) is 0 Å². The maximum Gasteiger partial charge on any atom is 0.0950 e. The molecule has 22 heavy (non-hydrogen) atoms. The maximum atomic E-state index is 10.6. The van der Waals surface area contributed by atoms with E-state index >= 15 is 0 Å². The number of aliphatic hydroxyl groups excluding tert-OH is 1. The lowest BCUT2D eigenvalue weighted by atomic mass is 9.41. The largest absolute Gasteiger partial charge is 0.393 e. The molecule has 2 nitrogen and oxygen atoms in total. The number of aliphatic hydroxyl groups is 1. The van der Waals surface area contributed by atoms with E-state index in [4.69, 9.17) is 4.74 Å². The van der Waals surface area contributed by atoms with Gasteiger partial charge in [0.25, 0.3) is 0 Å². The molecule has 4 aliphatic carbocycles. The first-order chi connectivity index (χ1) is 10.3. The Hall–Kier alpha value is -0.0800. The van der Waals surface area contributed by atoms with Crippen molar-refractivity contribution in [3.8, 4) is 0 Å². The molecule has 0 amide bonds. The molecule has 7 atom stereocenters. The van der Waals surface area contributed by atoms with Crippen molar-refractivity contribution in [2.45, 2.75) is 83.8 Å². The van der Waals surface area contributed by atoms with E-state index in [-0.39, 0.29) is 6.10 Å². The second kappa shape index (κ2) is 3.94. The summed E-state index contributed by atoms with van der Waals surface area (Å²) in [5, 5.41) is 10.6. The first kappa shape index (κ1) is 14.3. The van der Waals surface area contributed by atoms with Crippen molar-refractivity contribution in [3.63, 3.8) is 0 Å². The lowest BCUT2D eigenvalue weighted by molar-refractivity contribution is -0.171. The fraction of sp³-hybridized carbons (Fsp3) is 1.00. The summed E-state index contributed by atoms with van der Waals surface area (Å²) in [6.07, 6.45) is 10.3. The minimum Gasteiger partial charge on any atom is -0.393 e. The number of ether oxygens (including phenoxy) is 1. The van der Waals surface area contributed by atoms with Gasteiger partial charge in [-0.1, -0.05) is 20.8 Å². The first-order valence-electron chi connectivity index (χ1n) is 9.62. The molecule has 0 unspecified atom stereocenters. The molecule has 2 heteroatoms. The summed E-state index contributed by atoms with van der Waals surface area (Å²) < 4.78 is 6.00. The molecule has 124 valence electrons. The number of rotatable bonds is 0. The molecule has 1 saturated heterocycles. The second-order valence-electron chi connectivity index (χ2n) is 10.6. The van der Waals surface area contributed by atoms with E-state index < -0.39 is 0 Å². The Morgan fingerprint density at radius 2 is 1.73 bits per heavy atom. The smallest absolute Gasteiger partial charge is 0.0950 e. The van der Waals surface area contributed by atoms with Crippen LogP contribution in [0.3, 0.4) is 0 Å². The van der Waals surface area contributed by atoms with Crippen LogP contribution in [-0.2, 0) is 4.74 Å². The van der Waals surface area contributed by atoms with Crippen LogP contribution < -0.4 is 0 Å². The van der Waals surface area contributed by atoms with Crippen LogP contribution in [0.15, 0.2) is 0 Å². The van der Waals surface area contributed by atoms with Crippen LogP contribution in [0.4, 0.5) is 0 Å². The van der Waals surface area contributed by atoms with Crippen LogP contribution in [0.1, 0.15) is 72.1 Å². The van der Waals surface area contributed by atoms with Crippen LogP contribution in [0.5, 0.6) is 0 Å². The summed E-state index contributed by atoms with van der Waals surface area (Å²) in [5.41, 5.74) is 1.51. The summed E-state index contributed by atoms with van der Waals surface area (Å²) in [5.74, 6) is 2.48. The van der Waals surface area contributed by atoms with E-state index in [0.29, 0.717) is 21.8 Å². The number of epoxide rings is 1. The van der Waals surface area contributed by atoms with Gasteiger partial charge in [0.2, 0.25) is 0 Å². The molecule has 2 spiro atoms. The topological polar surface area (TPSA) is 32.8 Å². The molecule has 0 aromatic rings. The van der Waals surface area contributed by atoms with Crippen LogP contribution in [-0.4, -0.2) is 23.4 Å². The first-order valence-corrected chi connectivity index (χ1v) is 9.62. The zero-order valence-electron chi connectivity index (χ0n) is 14.5. The zero-order valence-corrected chi connectivity index (χ0v) is 14.5. The third-order valence-electron chi connectivity index (χ3n) is 9.01. The Morgan fingerprint density at radius 3 is 2.45 bits per heavy atom. The standard InChI is InChI=1S/C20H32O2/c1-17(2)9-14(21)10-18(3)15(17)6-7-19-8-13(4-5-16(18)19)20(11-19)12-22-20/h13-16,21H,4-12H2,1-3H3/t13-,14-,15-,16+,18-,19+,20+/m1/s1. The van der Waals surface area contributed by atoms with E-state index in [1.807, 2.05) is 0 Å². The molecule has 1 aliphatic heterocycles. The van der Waals surface area contributed by atoms with Crippen LogP contribution in [0.25, 0.3) is 0 Å². The van der Waals surface area contributed by atoms with Crippen molar-refractivity contribution >= 4 is 0 Å². The minimum absolute atomic E-state index is 0.0864. The number of hydrogen-bond acceptors (Lipinski definition) is 2. The third kappa shape index (κ3) is 1.59. The molecular weight excluding hydrogens is 272 g/mol. The summed E-state index contributed by atoms with van der Waals surface area (Å²) in [6.45, 7) is 8.43. The lowest BCUT2D eigenvalue weighted by Gasteiger charge is -2.64. The van der Waals surface area contributed by atoms with Crippen molar-refractivity contribution in [2.75, 3.05) is 6.61 Å². The van der Waals surface area contributed by atoms with Gasteiger partial charge in [0.05, 0.1) is 18.3 Å². The van der Waals surface area contributed by atoms with E-state index in [9.17, 15) is 5.11 Å². The number of fused-ring (bicyclic) bond motifs is 4. The summed E-state index contributed by atoms with van der Waals surface area (Å²) in [7, 11) is 0. The van der Waals surface area contributed by atoms with Gasteiger partial charge in [-0.25, -0.2) is 0 Å². The van der Waals surface area contributed by atoms with Gasteiger partial charge in [-0.3, -0.25) is 0 Å².